The second kappa shape index (κ2) is 8.67. The summed E-state index contributed by atoms with van der Waals surface area (Å²) in [5.74, 6) is -0.341. The third-order valence-electron chi connectivity index (χ3n) is 4.99. The smallest absolute Gasteiger partial charge is 0.307 e. The van der Waals surface area contributed by atoms with Crippen LogP contribution in [0.3, 0.4) is 0 Å². The van der Waals surface area contributed by atoms with Gasteiger partial charge in [-0.15, -0.1) is 0 Å². The van der Waals surface area contributed by atoms with Gasteiger partial charge in [0.15, 0.2) is 6.29 Å². The molecule has 1 aliphatic heterocycles. The van der Waals surface area contributed by atoms with Crippen molar-refractivity contribution < 1.29 is 19.0 Å². The zero-order valence-electron chi connectivity index (χ0n) is 16.6. The highest BCUT2D eigenvalue weighted by molar-refractivity contribution is 5.70. The van der Waals surface area contributed by atoms with Crippen LogP contribution in [-0.2, 0) is 24.7 Å². The monoisotopic (exact) mass is 385 g/mol. The van der Waals surface area contributed by atoms with Crippen molar-refractivity contribution in [3.05, 3.63) is 54.6 Å². The predicted octanol–water partition coefficient (Wildman–Crippen LogP) is 3.39. The Hall–Kier alpha value is -2.51. The molecule has 28 heavy (non-hydrogen) atoms. The largest absolute Gasteiger partial charge is 0.432 e. The van der Waals surface area contributed by atoms with Gasteiger partial charge in [0.25, 0.3) is 0 Å². The molecule has 0 aliphatic carbocycles. The second-order valence-corrected chi connectivity index (χ2v) is 7.13. The van der Waals surface area contributed by atoms with Gasteiger partial charge in [-0.25, -0.2) is 9.67 Å². The highest BCUT2D eigenvalue weighted by Crippen LogP contribution is 2.44. The van der Waals surface area contributed by atoms with E-state index in [4.69, 9.17) is 14.2 Å². The Balaban J connectivity index is 2.07. The van der Waals surface area contributed by atoms with Gasteiger partial charge < -0.3 is 14.2 Å². The Bertz CT molecular complexity index is 783. The van der Waals surface area contributed by atoms with Crippen molar-refractivity contribution in [2.45, 2.75) is 45.6 Å². The van der Waals surface area contributed by atoms with Gasteiger partial charge in [-0.1, -0.05) is 50.3 Å². The molecule has 1 fully saturated rings. The van der Waals surface area contributed by atoms with E-state index in [0.29, 0.717) is 13.2 Å². The maximum absolute atomic E-state index is 12.4. The number of ether oxygens (including phenoxy) is 3. The molecule has 1 aliphatic rings. The van der Waals surface area contributed by atoms with E-state index in [1.54, 1.807) is 17.9 Å². The third-order valence-corrected chi connectivity index (χ3v) is 4.99. The molecule has 0 amide bonds. The van der Waals surface area contributed by atoms with E-state index in [1.165, 1.54) is 6.33 Å². The van der Waals surface area contributed by atoms with Gasteiger partial charge in [0, 0.05) is 6.42 Å². The molecule has 1 unspecified atom stereocenters. The Morgan fingerprint density at radius 2 is 2.04 bits per heavy atom. The fourth-order valence-corrected chi connectivity index (χ4v) is 3.24. The van der Waals surface area contributed by atoms with Gasteiger partial charge >= 0.3 is 5.97 Å². The molecule has 2 aromatic rings. The first-order valence-electron chi connectivity index (χ1n) is 9.57. The molecule has 1 saturated heterocycles. The molecule has 150 valence electrons. The van der Waals surface area contributed by atoms with Crippen molar-refractivity contribution >= 4 is 12.0 Å². The summed E-state index contributed by atoms with van der Waals surface area (Å²) < 4.78 is 19.4. The van der Waals surface area contributed by atoms with Crippen LogP contribution in [0.2, 0.25) is 0 Å². The van der Waals surface area contributed by atoms with E-state index in [0.717, 1.165) is 12.0 Å². The molecule has 0 spiro atoms. The van der Waals surface area contributed by atoms with Crippen molar-refractivity contribution in [3.8, 4) is 0 Å². The minimum absolute atomic E-state index is 0.241. The lowest BCUT2D eigenvalue weighted by atomic mass is 9.78. The molecule has 7 heteroatoms. The van der Waals surface area contributed by atoms with Crippen LogP contribution in [0.1, 0.15) is 39.2 Å². The van der Waals surface area contributed by atoms with Crippen LogP contribution in [0.5, 0.6) is 0 Å². The van der Waals surface area contributed by atoms with Crippen LogP contribution in [0.15, 0.2) is 49.1 Å². The van der Waals surface area contributed by atoms with Crippen LogP contribution < -0.4 is 0 Å². The van der Waals surface area contributed by atoms with Crippen molar-refractivity contribution in [2.24, 2.45) is 5.41 Å². The first kappa shape index (κ1) is 20.2. The summed E-state index contributed by atoms with van der Waals surface area (Å²) in [6.45, 7) is 6.44. The van der Waals surface area contributed by atoms with Crippen molar-refractivity contribution in [3.63, 3.8) is 0 Å². The average molecular weight is 385 g/mol. The first-order valence-corrected chi connectivity index (χ1v) is 9.57. The molecule has 0 radical (unpaired) electrons. The molecule has 1 atom stereocenters. The van der Waals surface area contributed by atoms with Crippen LogP contribution in [-0.4, -0.2) is 40.2 Å². The van der Waals surface area contributed by atoms with E-state index in [1.807, 2.05) is 56.3 Å². The molecule has 1 aromatic heterocycles. The molecule has 7 nitrogen and oxygen atoms in total. The van der Waals surface area contributed by atoms with Gasteiger partial charge in [-0.05, 0) is 25.0 Å². The fourth-order valence-electron chi connectivity index (χ4n) is 3.24. The molecule has 1 aromatic carbocycles. The Morgan fingerprint density at radius 3 is 2.61 bits per heavy atom. The third kappa shape index (κ3) is 4.00. The Morgan fingerprint density at radius 1 is 1.32 bits per heavy atom. The second-order valence-electron chi connectivity index (χ2n) is 7.13. The SMILES string of the molecule is CCC(=O)OC(C=Cc1ccccc1)(n1cncn1)C1(C)COC(CC)OC1. The van der Waals surface area contributed by atoms with Gasteiger partial charge in [0.1, 0.15) is 12.7 Å². The normalized spacial score (nSPS) is 24.8. The minimum atomic E-state index is -1.24. The highest BCUT2D eigenvalue weighted by Gasteiger charge is 2.55. The number of hydrogen-bond acceptors (Lipinski definition) is 6. The molecule has 0 N–H and O–H groups in total. The number of rotatable bonds is 7. The quantitative estimate of drug-likeness (QED) is 0.680. The molecule has 3 rings (SSSR count). The zero-order chi connectivity index (χ0) is 20.0. The fraction of sp³-hybridized carbons (Fsp3) is 0.476. The summed E-state index contributed by atoms with van der Waals surface area (Å²) in [6, 6.07) is 9.82. The number of carbonyl (C=O) groups is 1. The van der Waals surface area contributed by atoms with E-state index in [-0.39, 0.29) is 18.7 Å². The summed E-state index contributed by atoms with van der Waals surface area (Å²) >= 11 is 0. The standard InChI is InChI=1S/C21H27N3O4/c1-4-18(25)28-21(24-16-22-15-23-24,12-11-17-9-7-6-8-10-17)20(3)13-26-19(5-2)27-14-20/h6-12,15-16,19H,4-5,13-14H2,1-3H3. The van der Waals surface area contributed by atoms with Gasteiger partial charge in [0.2, 0.25) is 5.72 Å². The Labute approximate surface area is 165 Å². The Kier molecular flexibility index (Phi) is 6.26. The lowest BCUT2D eigenvalue weighted by Gasteiger charge is -2.48. The van der Waals surface area contributed by atoms with Crippen molar-refractivity contribution in [1.29, 1.82) is 0 Å². The molecule has 2 heterocycles. The number of hydrogen-bond donors (Lipinski definition) is 0. The minimum Gasteiger partial charge on any atom is -0.432 e. The van der Waals surface area contributed by atoms with Gasteiger partial charge in [-0.3, -0.25) is 4.79 Å². The van der Waals surface area contributed by atoms with Crippen LogP contribution in [0.4, 0.5) is 0 Å². The van der Waals surface area contributed by atoms with Gasteiger partial charge in [-0.2, -0.15) is 5.10 Å². The van der Waals surface area contributed by atoms with Crippen molar-refractivity contribution in [1.82, 2.24) is 14.8 Å². The van der Waals surface area contributed by atoms with E-state index >= 15 is 0 Å². The van der Waals surface area contributed by atoms with Crippen LogP contribution in [0.25, 0.3) is 6.08 Å². The molecule has 0 saturated carbocycles. The summed E-state index contributed by atoms with van der Waals surface area (Å²) in [6.07, 6.45) is 7.47. The topological polar surface area (TPSA) is 75.5 Å². The number of carbonyl (C=O) groups excluding carboxylic acids is 1. The molecular formula is C21H27N3O4. The maximum atomic E-state index is 12.4. The molecular weight excluding hydrogens is 358 g/mol. The van der Waals surface area contributed by atoms with E-state index < -0.39 is 11.1 Å². The first-order chi connectivity index (χ1) is 13.5. The number of esters is 1. The summed E-state index contributed by atoms with van der Waals surface area (Å²) in [4.78, 5) is 16.5. The number of nitrogens with zero attached hydrogens (tertiary/aromatic N) is 3. The lowest BCUT2D eigenvalue weighted by Crippen LogP contribution is -2.58. The summed E-state index contributed by atoms with van der Waals surface area (Å²) in [5, 5.41) is 4.31. The van der Waals surface area contributed by atoms with Crippen molar-refractivity contribution in [2.75, 3.05) is 13.2 Å². The highest BCUT2D eigenvalue weighted by atomic mass is 16.7. The van der Waals surface area contributed by atoms with Crippen LogP contribution >= 0.6 is 0 Å². The zero-order valence-corrected chi connectivity index (χ0v) is 16.6. The summed E-state index contributed by atoms with van der Waals surface area (Å²) in [5.41, 5.74) is -0.972. The lowest BCUT2D eigenvalue weighted by molar-refractivity contribution is -0.280. The van der Waals surface area contributed by atoms with E-state index in [2.05, 4.69) is 10.1 Å². The summed E-state index contributed by atoms with van der Waals surface area (Å²) in [7, 11) is 0. The predicted molar refractivity (Wildman–Crippen MR) is 104 cm³/mol. The number of aromatic nitrogens is 3. The average Bonchev–Trinajstić information content (AvgIpc) is 3.27. The van der Waals surface area contributed by atoms with E-state index in [9.17, 15) is 4.79 Å². The number of benzene rings is 1. The van der Waals surface area contributed by atoms with Crippen LogP contribution in [0, 0.1) is 5.41 Å². The van der Waals surface area contributed by atoms with Gasteiger partial charge in [0.05, 0.1) is 18.6 Å². The maximum Gasteiger partial charge on any atom is 0.307 e. The molecule has 0 bridgehead atoms.